The Morgan fingerprint density at radius 1 is 1.44 bits per heavy atom. The summed E-state index contributed by atoms with van der Waals surface area (Å²) in [6.45, 7) is 4.92. The van der Waals surface area contributed by atoms with Crippen LogP contribution in [-0.2, 0) is 16.7 Å². The SMILES string of the molecule is COCC(C)(C)n1ccc2c1CCCC2=O. The highest BCUT2D eigenvalue weighted by Gasteiger charge is 2.27. The number of hydrogen-bond acceptors (Lipinski definition) is 2. The van der Waals surface area contributed by atoms with E-state index in [1.54, 1.807) is 7.11 Å². The number of ketones is 1. The van der Waals surface area contributed by atoms with Gasteiger partial charge in [-0.25, -0.2) is 0 Å². The van der Waals surface area contributed by atoms with Crippen LogP contribution in [0.2, 0.25) is 0 Å². The van der Waals surface area contributed by atoms with E-state index in [-0.39, 0.29) is 11.3 Å². The Kier molecular flexibility index (Phi) is 2.89. The average molecular weight is 221 g/mol. The van der Waals surface area contributed by atoms with Gasteiger partial charge in [-0.15, -0.1) is 0 Å². The highest BCUT2D eigenvalue weighted by Crippen LogP contribution is 2.27. The summed E-state index contributed by atoms with van der Waals surface area (Å²) in [6.07, 6.45) is 4.69. The second-order valence-electron chi connectivity index (χ2n) is 5.07. The van der Waals surface area contributed by atoms with Crippen LogP contribution in [0.4, 0.5) is 0 Å². The van der Waals surface area contributed by atoms with Crippen LogP contribution in [0.3, 0.4) is 0 Å². The maximum atomic E-state index is 11.7. The Morgan fingerprint density at radius 3 is 2.88 bits per heavy atom. The minimum atomic E-state index is -0.0834. The van der Waals surface area contributed by atoms with Gasteiger partial charge in [0.2, 0.25) is 0 Å². The molecule has 88 valence electrons. The zero-order valence-corrected chi connectivity index (χ0v) is 10.2. The molecule has 3 nitrogen and oxygen atoms in total. The Labute approximate surface area is 96.4 Å². The lowest BCUT2D eigenvalue weighted by atomic mass is 9.95. The molecule has 2 rings (SSSR count). The molecule has 0 fully saturated rings. The zero-order chi connectivity index (χ0) is 11.8. The highest BCUT2D eigenvalue weighted by atomic mass is 16.5. The van der Waals surface area contributed by atoms with Gasteiger partial charge in [-0.3, -0.25) is 4.79 Å². The van der Waals surface area contributed by atoms with Crippen molar-refractivity contribution >= 4 is 5.78 Å². The first kappa shape index (κ1) is 11.4. The van der Waals surface area contributed by atoms with Crippen LogP contribution < -0.4 is 0 Å². The fourth-order valence-electron chi connectivity index (χ4n) is 2.51. The first-order valence-electron chi connectivity index (χ1n) is 5.79. The third-order valence-electron chi connectivity index (χ3n) is 3.26. The maximum absolute atomic E-state index is 11.7. The summed E-state index contributed by atoms with van der Waals surface area (Å²) in [4.78, 5) is 11.7. The number of methoxy groups -OCH3 is 1. The normalized spacial score (nSPS) is 16.3. The molecule has 1 aliphatic carbocycles. The van der Waals surface area contributed by atoms with Crippen molar-refractivity contribution < 1.29 is 9.53 Å². The van der Waals surface area contributed by atoms with Crippen molar-refractivity contribution in [1.82, 2.24) is 4.57 Å². The molecule has 0 spiro atoms. The minimum absolute atomic E-state index is 0.0834. The van der Waals surface area contributed by atoms with E-state index in [1.165, 1.54) is 5.69 Å². The molecule has 16 heavy (non-hydrogen) atoms. The fraction of sp³-hybridized carbons (Fsp3) is 0.615. The fourth-order valence-corrected chi connectivity index (χ4v) is 2.51. The molecule has 0 radical (unpaired) electrons. The quantitative estimate of drug-likeness (QED) is 0.784. The van der Waals surface area contributed by atoms with Gasteiger partial charge in [0.1, 0.15) is 0 Å². The van der Waals surface area contributed by atoms with E-state index in [0.717, 1.165) is 18.4 Å². The Balaban J connectivity index is 2.40. The van der Waals surface area contributed by atoms with Crippen molar-refractivity contribution in [3.05, 3.63) is 23.5 Å². The molecule has 3 heteroatoms. The topological polar surface area (TPSA) is 31.2 Å². The maximum Gasteiger partial charge on any atom is 0.164 e. The van der Waals surface area contributed by atoms with Crippen molar-refractivity contribution in [3.8, 4) is 0 Å². The molecule has 0 amide bonds. The monoisotopic (exact) mass is 221 g/mol. The average Bonchev–Trinajstić information content (AvgIpc) is 2.63. The van der Waals surface area contributed by atoms with E-state index < -0.39 is 0 Å². The summed E-state index contributed by atoms with van der Waals surface area (Å²) in [5.74, 6) is 0.285. The second-order valence-corrected chi connectivity index (χ2v) is 5.07. The predicted molar refractivity (Wildman–Crippen MR) is 62.9 cm³/mol. The molecule has 1 heterocycles. The van der Waals surface area contributed by atoms with Crippen molar-refractivity contribution in [2.24, 2.45) is 0 Å². The van der Waals surface area contributed by atoms with Crippen LogP contribution >= 0.6 is 0 Å². The van der Waals surface area contributed by atoms with Crippen LogP contribution in [0.5, 0.6) is 0 Å². The van der Waals surface area contributed by atoms with Crippen molar-refractivity contribution in [2.45, 2.75) is 38.6 Å². The smallest absolute Gasteiger partial charge is 0.164 e. The van der Waals surface area contributed by atoms with Gasteiger partial charge in [0.25, 0.3) is 0 Å². The molecule has 0 atom stereocenters. The molecular weight excluding hydrogens is 202 g/mol. The van der Waals surface area contributed by atoms with E-state index in [4.69, 9.17) is 4.74 Å². The van der Waals surface area contributed by atoms with Gasteiger partial charge in [0.15, 0.2) is 5.78 Å². The Hall–Kier alpha value is -1.09. The van der Waals surface area contributed by atoms with Gasteiger partial charge in [-0.05, 0) is 32.8 Å². The standard InChI is InChI=1S/C13H19NO2/c1-13(2,9-16-3)14-8-7-10-11(14)5-4-6-12(10)15/h7-8H,4-6,9H2,1-3H3. The van der Waals surface area contributed by atoms with Crippen molar-refractivity contribution in [2.75, 3.05) is 13.7 Å². The first-order valence-corrected chi connectivity index (χ1v) is 5.79. The van der Waals surface area contributed by atoms with E-state index in [1.807, 2.05) is 12.3 Å². The summed E-state index contributed by atoms with van der Waals surface area (Å²) in [5, 5.41) is 0. The third-order valence-corrected chi connectivity index (χ3v) is 3.26. The number of fused-ring (bicyclic) bond motifs is 1. The van der Waals surface area contributed by atoms with E-state index in [9.17, 15) is 4.79 Å². The summed E-state index contributed by atoms with van der Waals surface area (Å²) < 4.78 is 7.44. The summed E-state index contributed by atoms with van der Waals surface area (Å²) in [6, 6.07) is 1.95. The highest BCUT2D eigenvalue weighted by molar-refractivity contribution is 5.98. The van der Waals surface area contributed by atoms with Crippen LogP contribution in [0.15, 0.2) is 12.3 Å². The number of ether oxygens (including phenoxy) is 1. The van der Waals surface area contributed by atoms with Crippen LogP contribution in [-0.4, -0.2) is 24.1 Å². The molecule has 0 N–H and O–H groups in total. The molecule has 0 saturated carbocycles. The second kappa shape index (κ2) is 4.06. The summed E-state index contributed by atoms with van der Waals surface area (Å²) >= 11 is 0. The van der Waals surface area contributed by atoms with E-state index in [0.29, 0.717) is 13.0 Å². The molecule has 0 aromatic carbocycles. The number of Topliss-reactive ketones (excluding diaryl/α,β-unsaturated/α-hetero) is 1. The molecule has 1 aliphatic rings. The van der Waals surface area contributed by atoms with Gasteiger partial charge < -0.3 is 9.30 Å². The van der Waals surface area contributed by atoms with Crippen LogP contribution in [0, 0.1) is 0 Å². The largest absolute Gasteiger partial charge is 0.382 e. The predicted octanol–water partition coefficient (Wildman–Crippen LogP) is 2.39. The summed E-state index contributed by atoms with van der Waals surface area (Å²) in [5.41, 5.74) is 2.01. The number of nitrogens with zero attached hydrogens (tertiary/aromatic N) is 1. The molecule has 1 aromatic heterocycles. The van der Waals surface area contributed by atoms with Crippen LogP contribution in [0.1, 0.15) is 42.7 Å². The molecule has 0 bridgehead atoms. The summed E-state index contributed by atoms with van der Waals surface area (Å²) in [7, 11) is 1.71. The minimum Gasteiger partial charge on any atom is -0.382 e. The lowest BCUT2D eigenvalue weighted by Gasteiger charge is -2.29. The van der Waals surface area contributed by atoms with Gasteiger partial charge in [0.05, 0.1) is 12.1 Å². The first-order chi connectivity index (χ1) is 7.56. The number of carbonyl (C=O) groups excluding carboxylic acids is 1. The lowest BCUT2D eigenvalue weighted by Crippen LogP contribution is -2.33. The van der Waals surface area contributed by atoms with Gasteiger partial charge >= 0.3 is 0 Å². The van der Waals surface area contributed by atoms with Crippen LogP contribution in [0.25, 0.3) is 0 Å². The van der Waals surface area contributed by atoms with Gasteiger partial charge in [0, 0.05) is 31.0 Å². The number of rotatable bonds is 3. The van der Waals surface area contributed by atoms with Crippen molar-refractivity contribution in [3.63, 3.8) is 0 Å². The van der Waals surface area contributed by atoms with E-state index in [2.05, 4.69) is 18.4 Å². The number of hydrogen-bond donors (Lipinski definition) is 0. The van der Waals surface area contributed by atoms with E-state index >= 15 is 0 Å². The van der Waals surface area contributed by atoms with Crippen molar-refractivity contribution in [1.29, 1.82) is 0 Å². The van der Waals surface area contributed by atoms with Gasteiger partial charge in [-0.2, -0.15) is 0 Å². The zero-order valence-electron chi connectivity index (χ0n) is 10.2. The Morgan fingerprint density at radius 2 is 2.19 bits per heavy atom. The molecule has 0 aliphatic heterocycles. The number of carbonyl (C=O) groups is 1. The molecule has 0 saturated heterocycles. The van der Waals surface area contributed by atoms with Gasteiger partial charge in [-0.1, -0.05) is 0 Å². The molecular formula is C13H19NO2. The molecule has 1 aromatic rings. The Bertz CT molecular complexity index is 404. The lowest BCUT2D eigenvalue weighted by molar-refractivity contribution is 0.0960. The molecule has 0 unspecified atom stereocenters. The third kappa shape index (κ3) is 1.80. The number of aromatic nitrogens is 1.